The average molecular weight is 518 g/mol. The molecule has 2 aliphatic heterocycles. The summed E-state index contributed by atoms with van der Waals surface area (Å²) in [4.78, 5) is 57.0. The van der Waals surface area contributed by atoms with E-state index in [0.717, 1.165) is 5.56 Å². The van der Waals surface area contributed by atoms with Gasteiger partial charge in [-0.15, -0.1) is 0 Å². The summed E-state index contributed by atoms with van der Waals surface area (Å²) in [5, 5.41) is 4.23. The fraction of sp³-hybridized carbons (Fsp3) is 0.417. The van der Waals surface area contributed by atoms with E-state index in [1.54, 1.807) is 39.3 Å². The van der Waals surface area contributed by atoms with Gasteiger partial charge in [0.25, 0.3) is 5.91 Å². The van der Waals surface area contributed by atoms with Gasteiger partial charge in [0, 0.05) is 71.1 Å². The quantitative estimate of drug-likeness (QED) is 0.380. The molecule has 4 aromatic rings. The molecule has 0 radical (unpaired) electrons. The zero-order valence-corrected chi connectivity index (χ0v) is 20.9. The Balaban J connectivity index is 1.21. The molecular weight excluding hydrogens is 490 g/mol. The molecule has 14 nitrogen and oxygen atoms in total. The molecule has 0 aromatic carbocycles. The van der Waals surface area contributed by atoms with Gasteiger partial charge in [0.15, 0.2) is 28.6 Å². The highest BCUT2D eigenvalue weighted by Gasteiger charge is 2.28. The van der Waals surface area contributed by atoms with Crippen molar-refractivity contribution in [3.63, 3.8) is 0 Å². The van der Waals surface area contributed by atoms with Crippen LogP contribution in [0.1, 0.15) is 16.3 Å². The summed E-state index contributed by atoms with van der Waals surface area (Å²) in [5.41, 5.74) is 2.43. The molecule has 4 aromatic heterocycles. The Labute approximate surface area is 217 Å². The number of piperazine rings is 1. The van der Waals surface area contributed by atoms with Crippen LogP contribution in [0.2, 0.25) is 0 Å². The number of aryl methyl sites for hydroxylation is 1. The van der Waals surface area contributed by atoms with Crippen LogP contribution in [-0.2, 0) is 23.0 Å². The van der Waals surface area contributed by atoms with E-state index in [1.807, 2.05) is 13.2 Å². The van der Waals surface area contributed by atoms with Crippen LogP contribution >= 0.6 is 0 Å². The van der Waals surface area contributed by atoms with Crippen molar-refractivity contribution >= 4 is 28.8 Å². The number of morpholine rings is 1. The van der Waals surface area contributed by atoms with Gasteiger partial charge in [0.2, 0.25) is 5.91 Å². The highest BCUT2D eigenvalue weighted by Crippen LogP contribution is 2.27. The van der Waals surface area contributed by atoms with E-state index in [9.17, 15) is 9.59 Å². The standard InChI is InChI=1S/C24H27N11O3/c1-32-15-16(13-27-32)20-29-21-19(23(31-20)34-8-10-38-11-9-34)28-22(30-21)24(37)35-6-4-33(5-7-35)18(36)12-17-14-25-2-3-26-17/h2-3,13-15H,4-12H2,1H3,(H,28,29,30,31). The van der Waals surface area contributed by atoms with Gasteiger partial charge < -0.3 is 24.4 Å². The van der Waals surface area contributed by atoms with Crippen LogP contribution in [0.15, 0.2) is 31.0 Å². The van der Waals surface area contributed by atoms with Crippen LogP contribution in [0.3, 0.4) is 0 Å². The summed E-state index contributed by atoms with van der Waals surface area (Å²) in [7, 11) is 1.83. The number of hydrogen-bond donors (Lipinski definition) is 1. The summed E-state index contributed by atoms with van der Waals surface area (Å²) >= 11 is 0. The molecule has 0 unspecified atom stereocenters. The first kappa shape index (κ1) is 23.9. The minimum atomic E-state index is -0.236. The molecule has 6 rings (SSSR count). The molecule has 0 atom stereocenters. The smallest absolute Gasteiger partial charge is 0.289 e. The zero-order chi connectivity index (χ0) is 26.1. The van der Waals surface area contributed by atoms with Crippen LogP contribution in [0.4, 0.5) is 5.82 Å². The van der Waals surface area contributed by atoms with E-state index >= 15 is 0 Å². The molecular formula is C24H27N11O3. The number of hydrogen-bond acceptors (Lipinski definition) is 10. The molecule has 0 spiro atoms. The van der Waals surface area contributed by atoms with E-state index in [4.69, 9.17) is 9.72 Å². The SMILES string of the molecule is Cn1cc(-c2nc(N3CCOCC3)c3nc(C(=O)N4CCN(C(=O)Cc5cnccn5)CC4)[nH]c3n2)cn1. The summed E-state index contributed by atoms with van der Waals surface area (Å²) in [5.74, 6) is 1.10. The van der Waals surface area contributed by atoms with Crippen molar-refractivity contribution in [1.82, 2.24) is 49.5 Å². The van der Waals surface area contributed by atoms with Gasteiger partial charge >= 0.3 is 0 Å². The van der Waals surface area contributed by atoms with E-state index < -0.39 is 0 Å². The Morgan fingerprint density at radius 2 is 1.76 bits per heavy atom. The zero-order valence-electron chi connectivity index (χ0n) is 20.9. The van der Waals surface area contributed by atoms with Crippen molar-refractivity contribution in [3.05, 3.63) is 42.5 Å². The number of imidazole rings is 1. The third kappa shape index (κ3) is 4.77. The molecule has 0 aliphatic carbocycles. The number of H-pyrrole nitrogens is 1. The molecule has 0 bridgehead atoms. The van der Waals surface area contributed by atoms with Gasteiger partial charge in [-0.05, 0) is 0 Å². The van der Waals surface area contributed by atoms with Gasteiger partial charge in [-0.3, -0.25) is 24.2 Å². The third-order valence-corrected chi connectivity index (χ3v) is 6.67. The Morgan fingerprint density at radius 3 is 2.47 bits per heavy atom. The van der Waals surface area contributed by atoms with Crippen LogP contribution in [0.5, 0.6) is 0 Å². The van der Waals surface area contributed by atoms with Crippen molar-refractivity contribution in [1.29, 1.82) is 0 Å². The Hall–Kier alpha value is -4.46. The summed E-state index contributed by atoms with van der Waals surface area (Å²) in [6.45, 7) is 4.20. The van der Waals surface area contributed by atoms with E-state index in [1.165, 1.54) is 0 Å². The van der Waals surface area contributed by atoms with Crippen LogP contribution in [-0.4, -0.2) is 114 Å². The van der Waals surface area contributed by atoms with E-state index in [-0.39, 0.29) is 24.1 Å². The Bertz CT molecular complexity index is 1450. The van der Waals surface area contributed by atoms with E-state index in [0.29, 0.717) is 81.0 Å². The number of nitrogens with one attached hydrogen (secondary N) is 1. The number of ether oxygens (including phenoxy) is 1. The first-order valence-electron chi connectivity index (χ1n) is 12.5. The molecule has 1 N–H and O–H groups in total. The number of fused-ring (bicyclic) bond motifs is 1. The van der Waals surface area contributed by atoms with Crippen molar-refractivity contribution in [2.75, 3.05) is 57.4 Å². The normalized spacial score (nSPS) is 16.3. The van der Waals surface area contributed by atoms with Gasteiger partial charge in [0.05, 0.1) is 37.1 Å². The summed E-state index contributed by atoms with van der Waals surface area (Å²) in [6, 6.07) is 0. The topological polar surface area (TPSA) is 151 Å². The molecule has 6 heterocycles. The van der Waals surface area contributed by atoms with Gasteiger partial charge in [-0.2, -0.15) is 5.10 Å². The fourth-order valence-corrected chi connectivity index (χ4v) is 4.64. The number of carbonyl (C=O) groups excluding carboxylic acids is 2. The predicted molar refractivity (Wildman–Crippen MR) is 135 cm³/mol. The van der Waals surface area contributed by atoms with Crippen molar-refractivity contribution in [2.24, 2.45) is 7.05 Å². The lowest BCUT2D eigenvalue weighted by molar-refractivity contribution is -0.132. The lowest BCUT2D eigenvalue weighted by Crippen LogP contribution is -2.51. The fourth-order valence-electron chi connectivity index (χ4n) is 4.64. The lowest BCUT2D eigenvalue weighted by Gasteiger charge is -2.34. The highest BCUT2D eigenvalue weighted by atomic mass is 16.5. The van der Waals surface area contributed by atoms with Gasteiger partial charge in [0.1, 0.15) is 0 Å². The molecule has 2 saturated heterocycles. The maximum Gasteiger partial charge on any atom is 0.289 e. The number of nitrogens with zero attached hydrogens (tertiary/aromatic N) is 10. The number of anilines is 1. The van der Waals surface area contributed by atoms with Crippen molar-refractivity contribution < 1.29 is 14.3 Å². The molecule has 14 heteroatoms. The number of amides is 2. The second kappa shape index (κ2) is 10.1. The van der Waals surface area contributed by atoms with Crippen LogP contribution in [0.25, 0.3) is 22.6 Å². The van der Waals surface area contributed by atoms with E-state index in [2.05, 4.69) is 34.9 Å². The van der Waals surface area contributed by atoms with Gasteiger partial charge in [-0.1, -0.05) is 0 Å². The highest BCUT2D eigenvalue weighted by molar-refractivity contribution is 5.96. The molecule has 0 saturated carbocycles. The van der Waals surface area contributed by atoms with Gasteiger partial charge in [-0.25, -0.2) is 15.0 Å². The van der Waals surface area contributed by atoms with Crippen LogP contribution < -0.4 is 4.90 Å². The minimum Gasteiger partial charge on any atom is -0.378 e. The minimum absolute atomic E-state index is 0.0327. The first-order valence-corrected chi connectivity index (χ1v) is 12.5. The predicted octanol–water partition coefficient (Wildman–Crippen LogP) is -0.0929. The second-order valence-corrected chi connectivity index (χ2v) is 9.20. The van der Waals surface area contributed by atoms with Crippen molar-refractivity contribution in [2.45, 2.75) is 6.42 Å². The first-order chi connectivity index (χ1) is 18.5. The molecule has 38 heavy (non-hydrogen) atoms. The molecule has 2 aliphatic rings. The number of aromatic amines is 1. The average Bonchev–Trinajstić information content (AvgIpc) is 3.59. The lowest BCUT2D eigenvalue weighted by atomic mass is 10.2. The second-order valence-electron chi connectivity index (χ2n) is 9.20. The monoisotopic (exact) mass is 517 g/mol. The molecule has 2 fully saturated rings. The molecule has 2 amide bonds. The number of aromatic nitrogens is 8. The summed E-state index contributed by atoms with van der Waals surface area (Å²) in [6.07, 6.45) is 8.48. The van der Waals surface area contributed by atoms with Crippen molar-refractivity contribution in [3.8, 4) is 11.4 Å². The number of carbonyl (C=O) groups is 2. The number of rotatable bonds is 5. The van der Waals surface area contributed by atoms with Crippen LogP contribution in [0, 0.1) is 0 Å². The summed E-state index contributed by atoms with van der Waals surface area (Å²) < 4.78 is 7.20. The largest absolute Gasteiger partial charge is 0.378 e. The Kier molecular flexibility index (Phi) is 6.37. The molecule has 196 valence electrons. The maximum atomic E-state index is 13.4. The maximum absolute atomic E-state index is 13.4. The third-order valence-electron chi connectivity index (χ3n) is 6.67. The Morgan fingerprint density at radius 1 is 0.974 bits per heavy atom.